The maximum absolute atomic E-state index is 12.7. The van der Waals surface area contributed by atoms with E-state index in [9.17, 15) is 4.79 Å². The molecule has 3 nitrogen and oxygen atoms in total. The number of esters is 1. The number of rotatable bonds is 5. The minimum absolute atomic E-state index is 0.116. The number of carbonyl (C=O) groups is 1. The summed E-state index contributed by atoms with van der Waals surface area (Å²) in [6.45, 7) is 1.71. The van der Waals surface area contributed by atoms with Gasteiger partial charge in [0.1, 0.15) is 5.54 Å². The second-order valence-corrected chi connectivity index (χ2v) is 6.20. The highest BCUT2D eigenvalue weighted by atomic mass is 16.5. The van der Waals surface area contributed by atoms with Crippen LogP contribution in [-0.4, -0.2) is 30.1 Å². The summed E-state index contributed by atoms with van der Waals surface area (Å²) >= 11 is 0. The molecule has 0 radical (unpaired) electrons. The van der Waals surface area contributed by atoms with Gasteiger partial charge in [0.25, 0.3) is 0 Å². The third-order valence-electron chi connectivity index (χ3n) is 4.74. The van der Waals surface area contributed by atoms with Crippen LogP contribution in [0.15, 0.2) is 60.7 Å². The summed E-state index contributed by atoms with van der Waals surface area (Å²) in [6, 6.07) is 20.6. The van der Waals surface area contributed by atoms with E-state index >= 15 is 0 Å². The van der Waals surface area contributed by atoms with Crippen molar-refractivity contribution in [3.05, 3.63) is 71.8 Å². The van der Waals surface area contributed by atoms with Gasteiger partial charge in [0.15, 0.2) is 0 Å². The molecule has 120 valence electrons. The molecule has 1 atom stereocenters. The standard InChI is InChI=1S/C20H23NO2/c1-23-19(22)20(15-17-9-4-2-5-10-17)13-8-14-21(20)16-18-11-6-3-7-12-18/h2-7,9-12H,8,13-16H2,1H3/t20-/m0/s1. The Morgan fingerprint density at radius 3 is 2.26 bits per heavy atom. The topological polar surface area (TPSA) is 29.5 Å². The van der Waals surface area contributed by atoms with Crippen LogP contribution < -0.4 is 0 Å². The summed E-state index contributed by atoms with van der Waals surface area (Å²) in [7, 11) is 1.49. The smallest absolute Gasteiger partial charge is 0.326 e. The Bertz CT molecular complexity index is 641. The number of hydrogen-bond donors (Lipinski definition) is 0. The molecule has 0 amide bonds. The Balaban J connectivity index is 1.89. The molecule has 0 aliphatic carbocycles. The Morgan fingerprint density at radius 1 is 1.04 bits per heavy atom. The summed E-state index contributed by atoms with van der Waals surface area (Å²) in [6.07, 6.45) is 2.57. The summed E-state index contributed by atoms with van der Waals surface area (Å²) in [5, 5.41) is 0. The third kappa shape index (κ3) is 3.30. The average molecular weight is 309 g/mol. The van der Waals surface area contributed by atoms with Crippen LogP contribution in [0.3, 0.4) is 0 Å². The minimum Gasteiger partial charge on any atom is -0.468 e. The van der Waals surface area contributed by atoms with Crippen molar-refractivity contribution in [1.82, 2.24) is 4.90 Å². The predicted octanol–water partition coefficient (Wildman–Crippen LogP) is 3.44. The molecule has 0 unspecified atom stereocenters. The van der Waals surface area contributed by atoms with Gasteiger partial charge in [-0.05, 0) is 30.5 Å². The second-order valence-electron chi connectivity index (χ2n) is 6.20. The van der Waals surface area contributed by atoms with E-state index in [0.29, 0.717) is 6.42 Å². The van der Waals surface area contributed by atoms with E-state index in [1.54, 1.807) is 0 Å². The molecule has 1 saturated heterocycles. The molecule has 3 heteroatoms. The first-order chi connectivity index (χ1) is 11.2. The van der Waals surface area contributed by atoms with Crippen molar-refractivity contribution in [1.29, 1.82) is 0 Å². The van der Waals surface area contributed by atoms with Crippen molar-refractivity contribution in [3.63, 3.8) is 0 Å². The molecule has 2 aromatic carbocycles. The van der Waals surface area contributed by atoms with Crippen molar-refractivity contribution in [3.8, 4) is 0 Å². The van der Waals surface area contributed by atoms with Crippen LogP contribution in [0.4, 0.5) is 0 Å². The number of nitrogens with zero attached hydrogens (tertiary/aromatic N) is 1. The van der Waals surface area contributed by atoms with Gasteiger partial charge in [-0.1, -0.05) is 60.7 Å². The molecule has 0 spiro atoms. The van der Waals surface area contributed by atoms with Crippen LogP contribution in [-0.2, 0) is 22.5 Å². The fraction of sp³-hybridized carbons (Fsp3) is 0.350. The summed E-state index contributed by atoms with van der Waals surface area (Å²) < 4.78 is 5.20. The number of likely N-dealkylation sites (tertiary alicyclic amines) is 1. The molecule has 1 fully saturated rings. The molecule has 23 heavy (non-hydrogen) atoms. The lowest BCUT2D eigenvalue weighted by Crippen LogP contribution is -2.52. The van der Waals surface area contributed by atoms with Crippen molar-refractivity contribution in [2.45, 2.75) is 31.3 Å². The van der Waals surface area contributed by atoms with E-state index in [-0.39, 0.29) is 5.97 Å². The highest BCUT2D eigenvalue weighted by molar-refractivity contribution is 5.81. The molecule has 1 aliphatic rings. The SMILES string of the molecule is COC(=O)[C@@]1(Cc2ccccc2)CCCN1Cc1ccccc1. The zero-order chi connectivity index (χ0) is 16.1. The number of ether oxygens (including phenoxy) is 1. The molecule has 2 aromatic rings. The second kappa shape index (κ2) is 6.97. The van der Waals surface area contributed by atoms with Crippen LogP contribution in [0, 0.1) is 0 Å². The lowest BCUT2D eigenvalue weighted by Gasteiger charge is -2.36. The number of methoxy groups -OCH3 is 1. The van der Waals surface area contributed by atoms with E-state index in [2.05, 4.69) is 29.2 Å². The van der Waals surface area contributed by atoms with Gasteiger partial charge in [0.2, 0.25) is 0 Å². The first-order valence-corrected chi connectivity index (χ1v) is 8.16. The van der Waals surface area contributed by atoms with Crippen molar-refractivity contribution in [2.24, 2.45) is 0 Å². The first kappa shape index (κ1) is 15.8. The number of benzene rings is 2. The van der Waals surface area contributed by atoms with Crippen molar-refractivity contribution >= 4 is 5.97 Å². The Hall–Kier alpha value is -2.13. The molecular formula is C20H23NO2. The predicted molar refractivity (Wildman–Crippen MR) is 91.0 cm³/mol. The molecule has 3 rings (SSSR count). The van der Waals surface area contributed by atoms with Crippen LogP contribution in [0.2, 0.25) is 0 Å². The van der Waals surface area contributed by atoms with Gasteiger partial charge < -0.3 is 4.74 Å². The Morgan fingerprint density at radius 2 is 1.65 bits per heavy atom. The highest BCUT2D eigenvalue weighted by Crippen LogP contribution is 2.35. The average Bonchev–Trinajstić information content (AvgIpc) is 2.99. The maximum Gasteiger partial charge on any atom is 0.326 e. The van der Waals surface area contributed by atoms with E-state index in [0.717, 1.165) is 25.9 Å². The zero-order valence-electron chi connectivity index (χ0n) is 13.6. The van der Waals surface area contributed by atoms with Crippen LogP contribution in [0.25, 0.3) is 0 Å². The molecule has 0 N–H and O–H groups in total. The highest BCUT2D eigenvalue weighted by Gasteiger charge is 2.48. The molecule has 0 saturated carbocycles. The fourth-order valence-corrected chi connectivity index (χ4v) is 3.60. The molecule has 1 heterocycles. The van der Waals surface area contributed by atoms with Crippen molar-refractivity contribution < 1.29 is 9.53 Å². The lowest BCUT2D eigenvalue weighted by atomic mass is 9.87. The van der Waals surface area contributed by atoms with Crippen LogP contribution in [0.5, 0.6) is 0 Å². The fourth-order valence-electron chi connectivity index (χ4n) is 3.60. The van der Waals surface area contributed by atoms with E-state index in [1.807, 2.05) is 36.4 Å². The molecular weight excluding hydrogens is 286 g/mol. The number of carbonyl (C=O) groups excluding carboxylic acids is 1. The Labute approximate surface area is 137 Å². The van der Waals surface area contributed by atoms with Gasteiger partial charge in [0.05, 0.1) is 7.11 Å². The van der Waals surface area contributed by atoms with E-state index in [1.165, 1.54) is 18.2 Å². The molecule has 0 bridgehead atoms. The Kier molecular flexibility index (Phi) is 4.77. The normalized spacial score (nSPS) is 21.3. The number of hydrogen-bond acceptors (Lipinski definition) is 3. The summed E-state index contributed by atoms with van der Waals surface area (Å²) in [5.74, 6) is -0.116. The summed E-state index contributed by atoms with van der Waals surface area (Å²) in [4.78, 5) is 15.0. The zero-order valence-corrected chi connectivity index (χ0v) is 13.6. The van der Waals surface area contributed by atoms with Crippen molar-refractivity contribution in [2.75, 3.05) is 13.7 Å². The van der Waals surface area contributed by atoms with Crippen LogP contribution >= 0.6 is 0 Å². The molecule has 0 aromatic heterocycles. The monoisotopic (exact) mass is 309 g/mol. The van der Waals surface area contributed by atoms with E-state index < -0.39 is 5.54 Å². The van der Waals surface area contributed by atoms with Gasteiger partial charge in [0, 0.05) is 13.0 Å². The quantitative estimate of drug-likeness (QED) is 0.793. The van der Waals surface area contributed by atoms with Crippen LogP contribution in [0.1, 0.15) is 24.0 Å². The first-order valence-electron chi connectivity index (χ1n) is 8.16. The minimum atomic E-state index is -0.550. The van der Waals surface area contributed by atoms with Gasteiger partial charge >= 0.3 is 5.97 Å². The van der Waals surface area contributed by atoms with Gasteiger partial charge in [-0.3, -0.25) is 9.69 Å². The largest absolute Gasteiger partial charge is 0.468 e. The molecule has 1 aliphatic heterocycles. The van der Waals surface area contributed by atoms with Gasteiger partial charge in [-0.25, -0.2) is 0 Å². The van der Waals surface area contributed by atoms with Gasteiger partial charge in [-0.2, -0.15) is 0 Å². The third-order valence-corrected chi connectivity index (χ3v) is 4.74. The van der Waals surface area contributed by atoms with Gasteiger partial charge in [-0.15, -0.1) is 0 Å². The lowest BCUT2D eigenvalue weighted by molar-refractivity contribution is -0.154. The summed E-state index contributed by atoms with van der Waals surface area (Å²) in [5.41, 5.74) is 1.86. The maximum atomic E-state index is 12.7. The van der Waals surface area contributed by atoms with E-state index in [4.69, 9.17) is 4.74 Å².